The molecule has 1 amide bonds. The second-order valence-corrected chi connectivity index (χ2v) is 11.5. The number of rotatable bonds is 4. The van der Waals surface area contributed by atoms with E-state index in [2.05, 4.69) is 9.88 Å². The number of hydrogen-bond acceptors (Lipinski definition) is 5. The van der Waals surface area contributed by atoms with Gasteiger partial charge in [0.25, 0.3) is 0 Å². The van der Waals surface area contributed by atoms with E-state index in [1.165, 1.54) is 5.56 Å². The summed E-state index contributed by atoms with van der Waals surface area (Å²) in [6.07, 6.45) is 5.87. The fraction of sp³-hybridized carbons (Fsp3) is 0.500. The van der Waals surface area contributed by atoms with E-state index in [0.717, 1.165) is 43.7 Å². The van der Waals surface area contributed by atoms with Gasteiger partial charge in [-0.25, -0.2) is 13.4 Å². The smallest absolute Gasteiger partial charge is 0.243 e. The van der Waals surface area contributed by atoms with E-state index in [9.17, 15) is 13.2 Å². The molecule has 1 aliphatic carbocycles. The molecule has 176 valence electrons. The van der Waals surface area contributed by atoms with E-state index >= 15 is 0 Å². The first-order chi connectivity index (χ1) is 15.9. The minimum atomic E-state index is -3.51. The number of carbonyl (C=O) groups is 1. The van der Waals surface area contributed by atoms with Crippen LogP contribution in [0.3, 0.4) is 0 Å². The number of hydrogen-bond donors (Lipinski definition) is 0. The Kier molecular flexibility index (Phi) is 6.33. The number of anilines is 1. The summed E-state index contributed by atoms with van der Waals surface area (Å²) in [5, 5.41) is 0.608. The molecule has 3 aliphatic rings. The first-order valence-corrected chi connectivity index (χ1v) is 13.5. The number of amides is 1. The molecule has 9 heteroatoms. The maximum Gasteiger partial charge on any atom is 0.243 e. The lowest BCUT2D eigenvalue weighted by Crippen LogP contribution is -2.52. The summed E-state index contributed by atoms with van der Waals surface area (Å²) in [7, 11) is -3.51. The van der Waals surface area contributed by atoms with Crippen molar-refractivity contribution in [1.82, 2.24) is 14.2 Å². The predicted molar refractivity (Wildman–Crippen MR) is 128 cm³/mol. The van der Waals surface area contributed by atoms with Crippen LogP contribution in [0.4, 0.5) is 5.82 Å². The molecule has 3 heterocycles. The Hall–Kier alpha value is -2.16. The minimum Gasteiger partial charge on any atom is -0.353 e. The maximum atomic E-state index is 13.2. The van der Waals surface area contributed by atoms with Gasteiger partial charge >= 0.3 is 0 Å². The summed E-state index contributed by atoms with van der Waals surface area (Å²) in [4.78, 5) is 21.9. The highest BCUT2D eigenvalue weighted by Crippen LogP contribution is 2.29. The van der Waals surface area contributed by atoms with Gasteiger partial charge in [-0.3, -0.25) is 4.79 Å². The van der Waals surface area contributed by atoms with E-state index in [1.54, 1.807) is 16.6 Å². The number of pyridine rings is 1. The van der Waals surface area contributed by atoms with Gasteiger partial charge < -0.3 is 9.80 Å². The van der Waals surface area contributed by atoms with E-state index in [-0.39, 0.29) is 11.8 Å². The zero-order valence-corrected chi connectivity index (χ0v) is 20.2. The molecule has 2 saturated heterocycles. The highest BCUT2D eigenvalue weighted by atomic mass is 35.5. The molecule has 7 nitrogen and oxygen atoms in total. The molecule has 1 aromatic carbocycles. The lowest BCUT2D eigenvalue weighted by Gasteiger charge is -2.38. The standard InChI is InChI=1S/C24H29ClN4O3S/c25-21-5-7-23(26-17-21)27-12-14-28(15-13-27)24(30)19-8-10-29(11-9-19)33(31,32)22-6-4-18-2-1-3-20(18)16-22/h4-7,16-17,19H,1-3,8-15H2. The van der Waals surface area contributed by atoms with Gasteiger partial charge in [-0.15, -0.1) is 0 Å². The summed E-state index contributed by atoms with van der Waals surface area (Å²) in [6, 6.07) is 9.28. The van der Waals surface area contributed by atoms with Crippen LogP contribution in [0.15, 0.2) is 41.4 Å². The number of nitrogens with zero attached hydrogens (tertiary/aromatic N) is 4. The Balaban J connectivity index is 1.16. The van der Waals surface area contributed by atoms with Gasteiger partial charge in [0.2, 0.25) is 15.9 Å². The van der Waals surface area contributed by atoms with Gasteiger partial charge in [0.15, 0.2) is 0 Å². The number of aryl methyl sites for hydroxylation is 2. The fourth-order valence-electron chi connectivity index (χ4n) is 5.17. The third-order valence-corrected chi connectivity index (χ3v) is 9.26. The molecular formula is C24H29ClN4O3S. The molecule has 0 N–H and O–H groups in total. The van der Waals surface area contributed by atoms with E-state index in [1.807, 2.05) is 29.2 Å². The zero-order chi connectivity index (χ0) is 23.0. The molecule has 2 fully saturated rings. The monoisotopic (exact) mass is 488 g/mol. The SMILES string of the molecule is O=C(C1CCN(S(=O)(=O)c2ccc3c(c2)CCC3)CC1)N1CCN(c2ccc(Cl)cn2)CC1. The Labute approximate surface area is 200 Å². The van der Waals surface area contributed by atoms with Crippen molar-refractivity contribution in [3.63, 3.8) is 0 Å². The van der Waals surface area contributed by atoms with Crippen LogP contribution in [0.2, 0.25) is 5.02 Å². The molecular weight excluding hydrogens is 460 g/mol. The minimum absolute atomic E-state index is 0.114. The summed E-state index contributed by atoms with van der Waals surface area (Å²) in [5.41, 5.74) is 2.43. The highest BCUT2D eigenvalue weighted by Gasteiger charge is 2.35. The third kappa shape index (κ3) is 4.61. The molecule has 33 heavy (non-hydrogen) atoms. The van der Waals surface area contributed by atoms with E-state index in [4.69, 9.17) is 11.6 Å². The summed E-state index contributed by atoms with van der Waals surface area (Å²) in [5.74, 6) is 0.904. The normalized spacial score (nSPS) is 20.2. The van der Waals surface area contributed by atoms with Crippen LogP contribution < -0.4 is 4.90 Å². The van der Waals surface area contributed by atoms with Gasteiger partial charge in [-0.1, -0.05) is 17.7 Å². The number of fused-ring (bicyclic) bond motifs is 1. The van der Waals surface area contributed by atoms with Gasteiger partial charge in [0, 0.05) is 51.4 Å². The average molecular weight is 489 g/mol. The lowest BCUT2D eigenvalue weighted by molar-refractivity contribution is -0.137. The number of sulfonamides is 1. The molecule has 0 radical (unpaired) electrons. The number of halogens is 1. The van der Waals surface area contributed by atoms with Crippen molar-refractivity contribution in [2.75, 3.05) is 44.2 Å². The summed E-state index contributed by atoms with van der Waals surface area (Å²) >= 11 is 5.92. The van der Waals surface area contributed by atoms with Crippen molar-refractivity contribution < 1.29 is 13.2 Å². The first-order valence-electron chi connectivity index (χ1n) is 11.7. The number of benzene rings is 1. The van der Waals surface area contributed by atoms with Gasteiger partial charge in [0.05, 0.1) is 9.92 Å². The highest BCUT2D eigenvalue weighted by molar-refractivity contribution is 7.89. The lowest BCUT2D eigenvalue weighted by atomic mass is 9.96. The molecule has 2 aromatic rings. The van der Waals surface area contributed by atoms with Crippen LogP contribution in [-0.2, 0) is 27.7 Å². The van der Waals surface area contributed by atoms with Crippen LogP contribution in [0.25, 0.3) is 0 Å². The van der Waals surface area contributed by atoms with Crippen molar-refractivity contribution in [3.8, 4) is 0 Å². The summed E-state index contributed by atoms with van der Waals surface area (Å²) in [6.45, 7) is 3.54. The fourth-order valence-corrected chi connectivity index (χ4v) is 6.80. The van der Waals surface area contributed by atoms with Crippen LogP contribution in [0, 0.1) is 5.92 Å². The number of piperidine rings is 1. The molecule has 2 aliphatic heterocycles. The quantitative estimate of drug-likeness (QED) is 0.661. The number of aromatic nitrogens is 1. The van der Waals surface area contributed by atoms with Crippen LogP contribution in [0.5, 0.6) is 0 Å². The van der Waals surface area contributed by atoms with Crippen molar-refractivity contribution >= 4 is 33.3 Å². The Morgan fingerprint density at radius 2 is 1.67 bits per heavy atom. The van der Waals surface area contributed by atoms with Crippen molar-refractivity contribution in [3.05, 3.63) is 52.7 Å². The molecule has 5 rings (SSSR count). The molecule has 0 spiro atoms. The van der Waals surface area contributed by atoms with Gasteiger partial charge in [-0.2, -0.15) is 4.31 Å². The van der Waals surface area contributed by atoms with Crippen LogP contribution in [-0.4, -0.2) is 67.8 Å². The van der Waals surface area contributed by atoms with E-state index in [0.29, 0.717) is 48.9 Å². The first kappa shape index (κ1) is 22.6. The van der Waals surface area contributed by atoms with Crippen molar-refractivity contribution in [1.29, 1.82) is 0 Å². The third-order valence-electron chi connectivity index (χ3n) is 7.14. The second-order valence-electron chi connectivity index (χ2n) is 9.11. The van der Waals surface area contributed by atoms with Crippen LogP contribution in [0.1, 0.15) is 30.4 Å². The zero-order valence-electron chi connectivity index (χ0n) is 18.6. The van der Waals surface area contributed by atoms with Crippen molar-refractivity contribution in [2.24, 2.45) is 5.92 Å². The molecule has 0 atom stereocenters. The van der Waals surface area contributed by atoms with Gasteiger partial charge in [0.1, 0.15) is 5.82 Å². The Bertz CT molecular complexity index is 1120. The number of carbonyl (C=O) groups excluding carboxylic acids is 1. The Morgan fingerprint density at radius 3 is 2.36 bits per heavy atom. The topological polar surface area (TPSA) is 73.8 Å². The van der Waals surface area contributed by atoms with Crippen LogP contribution >= 0.6 is 11.6 Å². The average Bonchev–Trinajstić information content (AvgIpc) is 3.32. The molecule has 0 bridgehead atoms. The second kappa shape index (κ2) is 9.24. The maximum absolute atomic E-state index is 13.2. The van der Waals surface area contributed by atoms with Gasteiger partial charge in [-0.05, 0) is 67.5 Å². The number of piperazine rings is 1. The predicted octanol–water partition coefficient (Wildman–Crippen LogP) is 2.97. The summed E-state index contributed by atoms with van der Waals surface area (Å²) < 4.78 is 27.9. The molecule has 1 aromatic heterocycles. The Morgan fingerprint density at radius 1 is 0.939 bits per heavy atom. The molecule has 0 saturated carbocycles. The van der Waals surface area contributed by atoms with E-state index < -0.39 is 10.0 Å². The molecule has 0 unspecified atom stereocenters. The largest absolute Gasteiger partial charge is 0.353 e. The van der Waals surface area contributed by atoms with Crippen molar-refractivity contribution in [2.45, 2.75) is 37.0 Å².